The van der Waals surface area contributed by atoms with Crippen LogP contribution in [0.2, 0.25) is 0 Å². The second kappa shape index (κ2) is 9.19. The average molecular weight is 568 g/mol. The van der Waals surface area contributed by atoms with Crippen molar-refractivity contribution in [1.82, 2.24) is 34.8 Å². The maximum absolute atomic E-state index is 13.1. The number of benzene rings is 1. The fraction of sp³-hybridized carbons (Fsp3) is 0.440. The largest absolute Gasteiger partial charge is 0.351 e. The summed E-state index contributed by atoms with van der Waals surface area (Å²) in [4.78, 5) is 24.5. The molecule has 1 aliphatic carbocycles. The van der Waals surface area contributed by atoms with Gasteiger partial charge in [-0.2, -0.15) is 10.1 Å². The van der Waals surface area contributed by atoms with E-state index in [0.29, 0.717) is 22.1 Å². The van der Waals surface area contributed by atoms with Gasteiger partial charge in [0, 0.05) is 36.3 Å². The van der Waals surface area contributed by atoms with Crippen molar-refractivity contribution in [3.63, 3.8) is 0 Å². The summed E-state index contributed by atoms with van der Waals surface area (Å²) in [7, 11) is 0. The first-order valence-electron chi connectivity index (χ1n) is 12.3. The minimum absolute atomic E-state index is 0.161. The van der Waals surface area contributed by atoms with Crippen LogP contribution in [0.3, 0.4) is 0 Å². The van der Waals surface area contributed by atoms with Crippen molar-refractivity contribution in [1.29, 1.82) is 0 Å². The van der Waals surface area contributed by atoms with E-state index >= 15 is 0 Å². The van der Waals surface area contributed by atoms with E-state index in [1.165, 1.54) is 0 Å². The van der Waals surface area contributed by atoms with Gasteiger partial charge in [0.1, 0.15) is 14.6 Å². The van der Waals surface area contributed by atoms with E-state index in [1.54, 1.807) is 17.5 Å². The van der Waals surface area contributed by atoms with Gasteiger partial charge < -0.3 is 10.2 Å². The molecule has 0 spiro atoms. The van der Waals surface area contributed by atoms with Crippen LogP contribution in [0.5, 0.6) is 0 Å². The number of anilines is 1. The number of hydrogen-bond acceptors (Lipinski definition) is 8. The Kier molecular flexibility index (Phi) is 5.99. The normalized spacial score (nSPS) is 22.0. The van der Waals surface area contributed by atoms with Crippen LogP contribution in [0.15, 0.2) is 35.1 Å². The van der Waals surface area contributed by atoms with Gasteiger partial charge in [-0.3, -0.25) is 4.79 Å². The molecule has 186 valence electrons. The number of nitrogens with zero attached hydrogens (tertiary/aromatic N) is 7. The zero-order chi connectivity index (χ0) is 24.9. The molecule has 6 rings (SSSR count). The summed E-state index contributed by atoms with van der Waals surface area (Å²) in [5.41, 5.74) is 2.31. The molecular weight excluding hydrogens is 540 g/mol. The molecule has 0 radical (unpaired) electrons. The monoisotopic (exact) mass is 566 g/mol. The molecule has 4 aromatic rings. The number of carbonyl (C=O) groups is 1. The van der Waals surface area contributed by atoms with Crippen LogP contribution in [0.4, 0.5) is 5.95 Å². The van der Waals surface area contributed by atoms with Gasteiger partial charge in [0.2, 0.25) is 11.9 Å². The van der Waals surface area contributed by atoms with Gasteiger partial charge in [0.15, 0.2) is 5.65 Å². The minimum Gasteiger partial charge on any atom is -0.351 e. The SMILES string of the molecule is Cc1nnc(-c2ccc(-n3nc(Br)c4cnc(N[C@@H]5CC[C@@](C)(C(=O)N6CCCC6)C5)nc43)cc2)s1. The molecule has 2 aliphatic rings. The number of halogens is 1. The quantitative estimate of drug-likeness (QED) is 0.362. The Bertz CT molecular complexity index is 1430. The van der Waals surface area contributed by atoms with Gasteiger partial charge in [0.05, 0.1) is 11.1 Å². The van der Waals surface area contributed by atoms with E-state index in [1.807, 2.05) is 40.8 Å². The van der Waals surface area contributed by atoms with E-state index in [4.69, 9.17) is 4.98 Å². The molecular formula is C25H27BrN8OS. The number of fused-ring (bicyclic) bond motifs is 1. The topological polar surface area (TPSA) is 102 Å². The highest BCUT2D eigenvalue weighted by molar-refractivity contribution is 9.10. The molecule has 1 saturated heterocycles. The highest BCUT2D eigenvalue weighted by Crippen LogP contribution is 2.41. The molecule has 0 unspecified atom stereocenters. The first kappa shape index (κ1) is 23.5. The molecule has 1 aliphatic heterocycles. The van der Waals surface area contributed by atoms with E-state index in [0.717, 1.165) is 71.8 Å². The molecule has 0 bridgehead atoms. The van der Waals surface area contributed by atoms with Crippen molar-refractivity contribution >= 4 is 50.2 Å². The van der Waals surface area contributed by atoms with Crippen molar-refractivity contribution in [2.45, 2.75) is 52.0 Å². The van der Waals surface area contributed by atoms with E-state index in [9.17, 15) is 4.79 Å². The molecule has 1 amide bonds. The Morgan fingerprint density at radius 2 is 1.97 bits per heavy atom. The minimum atomic E-state index is -0.315. The standard InChI is InChI=1S/C25H27BrN8OS/c1-15-30-31-22(36-15)16-5-7-18(8-6-16)34-21-19(20(26)32-34)14-27-24(29-21)28-17-9-10-25(2,13-17)23(35)33-11-3-4-12-33/h5-8,14,17H,3-4,9-13H2,1-2H3,(H,27,28,29)/t17-,25-/m1/s1. The number of aromatic nitrogens is 6. The van der Waals surface area contributed by atoms with Crippen molar-refractivity contribution in [3.05, 3.63) is 40.1 Å². The third-order valence-electron chi connectivity index (χ3n) is 7.25. The predicted octanol–water partition coefficient (Wildman–Crippen LogP) is 5.00. The lowest BCUT2D eigenvalue weighted by Crippen LogP contribution is -2.40. The molecule has 36 heavy (non-hydrogen) atoms. The van der Waals surface area contributed by atoms with Gasteiger partial charge in [-0.1, -0.05) is 18.3 Å². The molecule has 11 heteroatoms. The number of rotatable bonds is 5. The van der Waals surface area contributed by atoms with Crippen LogP contribution in [-0.2, 0) is 4.79 Å². The summed E-state index contributed by atoms with van der Waals surface area (Å²) in [5, 5.41) is 19.2. The van der Waals surface area contributed by atoms with E-state index < -0.39 is 0 Å². The first-order valence-corrected chi connectivity index (χ1v) is 13.9. The van der Waals surface area contributed by atoms with Crippen LogP contribution < -0.4 is 5.32 Å². The number of amides is 1. The summed E-state index contributed by atoms with van der Waals surface area (Å²) in [5.74, 6) is 0.856. The van der Waals surface area contributed by atoms with Crippen molar-refractivity contribution in [2.24, 2.45) is 5.41 Å². The molecule has 2 fully saturated rings. The molecule has 1 aromatic carbocycles. The zero-order valence-electron chi connectivity index (χ0n) is 20.2. The summed E-state index contributed by atoms with van der Waals surface area (Å²) >= 11 is 5.12. The molecule has 9 nitrogen and oxygen atoms in total. The fourth-order valence-corrected chi connectivity index (χ4v) is 6.45. The lowest BCUT2D eigenvalue weighted by Gasteiger charge is -2.29. The predicted molar refractivity (Wildman–Crippen MR) is 143 cm³/mol. The maximum atomic E-state index is 13.1. The summed E-state index contributed by atoms with van der Waals surface area (Å²) in [6.07, 6.45) is 6.62. The Morgan fingerprint density at radius 3 is 2.69 bits per heavy atom. The lowest BCUT2D eigenvalue weighted by molar-refractivity contribution is -0.139. The summed E-state index contributed by atoms with van der Waals surface area (Å²) in [6, 6.07) is 8.22. The van der Waals surface area contributed by atoms with Gasteiger partial charge in [0.25, 0.3) is 0 Å². The highest BCUT2D eigenvalue weighted by atomic mass is 79.9. The number of aryl methyl sites for hydroxylation is 1. The molecule has 1 N–H and O–H groups in total. The molecule has 1 saturated carbocycles. The smallest absolute Gasteiger partial charge is 0.228 e. The second-order valence-electron chi connectivity index (χ2n) is 9.95. The zero-order valence-corrected chi connectivity index (χ0v) is 22.6. The molecule has 2 atom stereocenters. The van der Waals surface area contributed by atoms with Crippen molar-refractivity contribution in [3.8, 4) is 16.3 Å². The van der Waals surface area contributed by atoms with Gasteiger partial charge in [-0.15, -0.1) is 10.2 Å². The van der Waals surface area contributed by atoms with E-state index in [2.05, 4.69) is 48.5 Å². The van der Waals surface area contributed by atoms with Crippen LogP contribution in [0.25, 0.3) is 27.3 Å². The second-order valence-corrected chi connectivity index (χ2v) is 11.9. The third-order valence-corrected chi connectivity index (χ3v) is 8.72. The van der Waals surface area contributed by atoms with E-state index in [-0.39, 0.29) is 11.5 Å². The Hall–Kier alpha value is -2.92. The van der Waals surface area contributed by atoms with Gasteiger partial charge >= 0.3 is 0 Å². The molecule has 4 heterocycles. The number of hydrogen-bond donors (Lipinski definition) is 1. The van der Waals surface area contributed by atoms with Crippen molar-refractivity contribution < 1.29 is 4.79 Å². The molecule has 3 aromatic heterocycles. The van der Waals surface area contributed by atoms with Gasteiger partial charge in [-0.05, 0) is 79.2 Å². The van der Waals surface area contributed by atoms with Crippen LogP contribution in [0.1, 0.15) is 44.0 Å². The summed E-state index contributed by atoms with van der Waals surface area (Å²) < 4.78 is 2.51. The number of carbonyl (C=O) groups excluding carboxylic acids is 1. The highest BCUT2D eigenvalue weighted by Gasteiger charge is 2.44. The number of likely N-dealkylation sites (tertiary alicyclic amines) is 1. The van der Waals surface area contributed by atoms with Gasteiger partial charge in [-0.25, -0.2) is 9.67 Å². The van der Waals surface area contributed by atoms with Crippen LogP contribution in [0, 0.1) is 12.3 Å². The summed E-state index contributed by atoms with van der Waals surface area (Å²) in [6.45, 7) is 5.85. The lowest BCUT2D eigenvalue weighted by atomic mass is 9.87. The maximum Gasteiger partial charge on any atom is 0.228 e. The Balaban J connectivity index is 1.23. The number of nitrogens with one attached hydrogen (secondary N) is 1. The first-order chi connectivity index (χ1) is 17.4. The fourth-order valence-electron chi connectivity index (χ4n) is 5.32. The van der Waals surface area contributed by atoms with Crippen molar-refractivity contribution in [2.75, 3.05) is 18.4 Å². The van der Waals surface area contributed by atoms with Crippen LogP contribution >= 0.6 is 27.3 Å². The average Bonchev–Trinajstić information content (AvgIpc) is 3.68. The Morgan fingerprint density at radius 1 is 1.19 bits per heavy atom. The third kappa shape index (κ3) is 4.28. The Labute approximate surface area is 221 Å². The van der Waals surface area contributed by atoms with Crippen LogP contribution in [-0.4, -0.2) is 59.9 Å².